The molecular weight excluding hydrogens is 176 g/mol. The molecule has 0 spiro atoms. The van der Waals surface area contributed by atoms with Crippen molar-refractivity contribution in [3.63, 3.8) is 0 Å². The first kappa shape index (κ1) is 9.09. The van der Waals surface area contributed by atoms with Crippen molar-refractivity contribution >= 4 is 10.9 Å². The van der Waals surface area contributed by atoms with Gasteiger partial charge in [-0.15, -0.1) is 0 Å². The second-order valence-electron chi connectivity index (χ2n) is 3.53. The Morgan fingerprint density at radius 3 is 2.93 bits per heavy atom. The predicted molar refractivity (Wildman–Crippen MR) is 57.5 cm³/mol. The molecular formula is C11H14N2O. The summed E-state index contributed by atoms with van der Waals surface area (Å²) in [6.45, 7) is 2.53. The van der Waals surface area contributed by atoms with E-state index in [9.17, 15) is 5.11 Å². The number of fused-ring (bicyclic) bond motifs is 1. The Balaban J connectivity index is 2.61. The molecule has 14 heavy (non-hydrogen) atoms. The van der Waals surface area contributed by atoms with Gasteiger partial charge in [0.05, 0.1) is 0 Å². The first-order valence-corrected chi connectivity index (χ1v) is 4.72. The minimum absolute atomic E-state index is 0.359. The molecule has 0 aliphatic rings. The lowest BCUT2D eigenvalue weighted by atomic mass is 10.1. The largest absolute Gasteiger partial charge is 0.507 e. The first-order chi connectivity index (χ1) is 6.72. The number of nitrogens with one attached hydrogen (secondary N) is 1. The van der Waals surface area contributed by atoms with E-state index in [1.54, 1.807) is 0 Å². The van der Waals surface area contributed by atoms with Crippen molar-refractivity contribution in [2.75, 3.05) is 6.54 Å². The van der Waals surface area contributed by atoms with E-state index in [4.69, 9.17) is 5.73 Å². The number of nitrogens with two attached hydrogens (primary N) is 1. The topological polar surface area (TPSA) is 62.0 Å². The van der Waals surface area contributed by atoms with Gasteiger partial charge in [-0.2, -0.15) is 0 Å². The van der Waals surface area contributed by atoms with E-state index in [2.05, 4.69) is 4.98 Å². The van der Waals surface area contributed by atoms with Crippen molar-refractivity contribution < 1.29 is 5.11 Å². The maximum Gasteiger partial charge on any atom is 0.128 e. The molecule has 0 aliphatic heterocycles. The third-order valence-corrected chi connectivity index (χ3v) is 2.41. The highest BCUT2D eigenvalue weighted by atomic mass is 16.3. The second-order valence-corrected chi connectivity index (χ2v) is 3.53. The maximum atomic E-state index is 9.92. The summed E-state index contributed by atoms with van der Waals surface area (Å²) >= 11 is 0. The highest BCUT2D eigenvalue weighted by Crippen LogP contribution is 2.29. The zero-order valence-electron chi connectivity index (χ0n) is 8.17. The fourth-order valence-electron chi connectivity index (χ4n) is 1.73. The molecule has 3 nitrogen and oxygen atoms in total. The minimum Gasteiger partial charge on any atom is -0.507 e. The van der Waals surface area contributed by atoms with Crippen LogP contribution in [0.1, 0.15) is 11.3 Å². The zero-order valence-corrected chi connectivity index (χ0v) is 8.17. The molecule has 0 radical (unpaired) electrons. The Labute approximate surface area is 82.6 Å². The van der Waals surface area contributed by atoms with Gasteiger partial charge in [-0.3, -0.25) is 0 Å². The van der Waals surface area contributed by atoms with Crippen LogP contribution in [0.2, 0.25) is 0 Å². The average molecular weight is 190 g/mol. The molecule has 0 bridgehead atoms. The lowest BCUT2D eigenvalue weighted by molar-refractivity contribution is 0.474. The number of aromatic nitrogens is 1. The molecule has 0 fully saturated rings. The first-order valence-electron chi connectivity index (χ1n) is 4.72. The van der Waals surface area contributed by atoms with E-state index >= 15 is 0 Å². The molecule has 1 aromatic carbocycles. The van der Waals surface area contributed by atoms with Crippen LogP contribution in [0.3, 0.4) is 0 Å². The fraction of sp³-hybridized carbons (Fsp3) is 0.273. The number of rotatable bonds is 2. The summed E-state index contributed by atoms with van der Waals surface area (Å²) in [6.07, 6.45) is 0.714. The van der Waals surface area contributed by atoms with Crippen LogP contribution in [0.5, 0.6) is 5.75 Å². The van der Waals surface area contributed by atoms with Crippen LogP contribution >= 0.6 is 0 Å². The van der Waals surface area contributed by atoms with Gasteiger partial charge in [0.25, 0.3) is 0 Å². The summed E-state index contributed by atoms with van der Waals surface area (Å²) in [4.78, 5) is 3.18. The predicted octanol–water partition coefficient (Wildman–Crippen LogP) is 1.68. The van der Waals surface area contributed by atoms with Gasteiger partial charge in [0.2, 0.25) is 0 Å². The Morgan fingerprint density at radius 2 is 2.21 bits per heavy atom. The lowest BCUT2D eigenvalue weighted by Gasteiger charge is -2.03. The number of aromatic amines is 1. The molecule has 0 unspecified atom stereocenters. The van der Waals surface area contributed by atoms with Crippen molar-refractivity contribution in [3.8, 4) is 5.75 Å². The SMILES string of the molecule is Cc1cc2c(O)c(CCN)ccc2[nH]1. The summed E-state index contributed by atoms with van der Waals surface area (Å²) in [5.74, 6) is 0.359. The summed E-state index contributed by atoms with van der Waals surface area (Å²) < 4.78 is 0. The molecule has 3 heteroatoms. The third-order valence-electron chi connectivity index (χ3n) is 2.41. The monoisotopic (exact) mass is 190 g/mol. The van der Waals surface area contributed by atoms with Crippen LogP contribution in [-0.4, -0.2) is 16.6 Å². The molecule has 1 heterocycles. The van der Waals surface area contributed by atoms with E-state index in [1.165, 1.54) is 0 Å². The molecule has 2 rings (SSSR count). The van der Waals surface area contributed by atoms with Crippen LogP contribution in [0.15, 0.2) is 18.2 Å². The van der Waals surface area contributed by atoms with Crippen LogP contribution in [0, 0.1) is 6.92 Å². The van der Waals surface area contributed by atoms with Crippen molar-refractivity contribution in [2.45, 2.75) is 13.3 Å². The average Bonchev–Trinajstić information content (AvgIpc) is 2.52. The smallest absolute Gasteiger partial charge is 0.128 e. The van der Waals surface area contributed by atoms with Crippen molar-refractivity contribution in [1.29, 1.82) is 0 Å². The van der Waals surface area contributed by atoms with Crippen LogP contribution < -0.4 is 5.73 Å². The van der Waals surface area contributed by atoms with Crippen molar-refractivity contribution in [1.82, 2.24) is 4.98 Å². The standard InChI is InChI=1S/C11H14N2O/c1-7-6-9-10(13-7)3-2-8(4-5-12)11(9)14/h2-3,6,13-14H,4-5,12H2,1H3. The van der Waals surface area contributed by atoms with Gasteiger partial charge in [-0.1, -0.05) is 6.07 Å². The molecule has 0 atom stereocenters. The molecule has 0 amide bonds. The van der Waals surface area contributed by atoms with Gasteiger partial charge in [0.15, 0.2) is 0 Å². The molecule has 0 saturated heterocycles. The van der Waals surface area contributed by atoms with Gasteiger partial charge >= 0.3 is 0 Å². The summed E-state index contributed by atoms with van der Waals surface area (Å²) in [6, 6.07) is 5.85. The molecule has 4 N–H and O–H groups in total. The van der Waals surface area contributed by atoms with Crippen molar-refractivity contribution in [3.05, 3.63) is 29.5 Å². The number of H-pyrrole nitrogens is 1. The maximum absolute atomic E-state index is 9.92. The van der Waals surface area contributed by atoms with E-state index in [1.807, 2.05) is 25.1 Å². The normalized spacial score (nSPS) is 11.0. The lowest BCUT2D eigenvalue weighted by Crippen LogP contribution is -2.02. The fourth-order valence-corrected chi connectivity index (χ4v) is 1.73. The van der Waals surface area contributed by atoms with Gasteiger partial charge in [-0.05, 0) is 37.6 Å². The van der Waals surface area contributed by atoms with Crippen LogP contribution in [0.4, 0.5) is 0 Å². The second kappa shape index (κ2) is 3.35. The van der Waals surface area contributed by atoms with Gasteiger partial charge in [0, 0.05) is 16.6 Å². The van der Waals surface area contributed by atoms with Crippen molar-refractivity contribution in [2.24, 2.45) is 5.73 Å². The number of benzene rings is 1. The molecule has 74 valence electrons. The number of phenols is 1. The highest BCUT2D eigenvalue weighted by molar-refractivity contribution is 5.87. The van der Waals surface area contributed by atoms with E-state index in [-0.39, 0.29) is 0 Å². The molecule has 1 aromatic heterocycles. The van der Waals surface area contributed by atoms with E-state index in [0.717, 1.165) is 22.2 Å². The van der Waals surface area contributed by atoms with E-state index in [0.29, 0.717) is 18.7 Å². The Kier molecular flexibility index (Phi) is 2.17. The Morgan fingerprint density at radius 1 is 1.43 bits per heavy atom. The van der Waals surface area contributed by atoms with Crippen LogP contribution in [-0.2, 0) is 6.42 Å². The van der Waals surface area contributed by atoms with Gasteiger partial charge in [0.1, 0.15) is 5.75 Å². The summed E-state index contributed by atoms with van der Waals surface area (Å²) in [7, 11) is 0. The third kappa shape index (κ3) is 1.36. The minimum atomic E-state index is 0.359. The summed E-state index contributed by atoms with van der Waals surface area (Å²) in [5.41, 5.74) is 8.40. The number of aromatic hydroxyl groups is 1. The quantitative estimate of drug-likeness (QED) is 0.674. The zero-order chi connectivity index (χ0) is 10.1. The summed E-state index contributed by atoms with van der Waals surface area (Å²) in [5, 5.41) is 10.8. The number of hydrogen-bond acceptors (Lipinski definition) is 2. The Bertz CT molecular complexity index is 460. The number of phenolic OH excluding ortho intramolecular Hbond substituents is 1. The Hall–Kier alpha value is -1.48. The van der Waals surface area contributed by atoms with E-state index < -0.39 is 0 Å². The number of aryl methyl sites for hydroxylation is 1. The molecule has 0 aliphatic carbocycles. The van der Waals surface area contributed by atoms with Crippen LogP contribution in [0.25, 0.3) is 10.9 Å². The molecule has 2 aromatic rings. The van der Waals surface area contributed by atoms with Gasteiger partial charge < -0.3 is 15.8 Å². The highest BCUT2D eigenvalue weighted by Gasteiger charge is 2.07. The van der Waals surface area contributed by atoms with Gasteiger partial charge in [-0.25, -0.2) is 0 Å². The number of hydrogen-bond donors (Lipinski definition) is 3. The molecule has 0 saturated carbocycles.